The van der Waals surface area contributed by atoms with Gasteiger partial charge in [-0.3, -0.25) is 0 Å². The minimum Gasteiger partial charge on any atom is -0.381 e. The average molecular weight is 520 g/mol. The smallest absolute Gasteiger partial charge is 0.381 e. The number of rotatable bonds is 4. The monoisotopic (exact) mass is 520 g/mol. The Hall–Kier alpha value is -3.60. The van der Waals surface area contributed by atoms with E-state index in [4.69, 9.17) is 4.74 Å². The molecule has 1 saturated heterocycles. The van der Waals surface area contributed by atoms with Gasteiger partial charge in [0.25, 0.3) is 0 Å². The van der Waals surface area contributed by atoms with E-state index in [2.05, 4.69) is 15.3 Å². The fourth-order valence-electron chi connectivity index (χ4n) is 4.51. The largest absolute Gasteiger partial charge is 0.416 e. The molecule has 0 aliphatic carbocycles. The third kappa shape index (κ3) is 5.13. The maximum absolute atomic E-state index is 13.6. The summed E-state index contributed by atoms with van der Waals surface area (Å²) in [4.78, 5) is 8.71. The van der Waals surface area contributed by atoms with Gasteiger partial charge < -0.3 is 14.6 Å². The highest BCUT2D eigenvalue weighted by Crippen LogP contribution is 2.42. The van der Waals surface area contributed by atoms with Gasteiger partial charge >= 0.3 is 12.4 Å². The summed E-state index contributed by atoms with van der Waals surface area (Å²) >= 11 is 0. The van der Waals surface area contributed by atoms with Crippen LogP contribution < -0.4 is 5.32 Å². The molecule has 1 fully saturated rings. The van der Waals surface area contributed by atoms with Gasteiger partial charge in [-0.2, -0.15) is 26.3 Å². The maximum atomic E-state index is 13.6. The van der Waals surface area contributed by atoms with E-state index in [1.165, 1.54) is 12.5 Å². The third-order valence-corrected chi connectivity index (χ3v) is 6.32. The van der Waals surface area contributed by atoms with Gasteiger partial charge in [0.05, 0.1) is 16.5 Å². The number of ether oxygens (including phenoxy) is 1. The summed E-state index contributed by atoms with van der Waals surface area (Å²) in [7, 11) is 0. The molecule has 194 valence electrons. The molecule has 5 rings (SSSR count). The van der Waals surface area contributed by atoms with E-state index < -0.39 is 23.5 Å². The Bertz CT molecular complexity index is 1410. The Morgan fingerprint density at radius 3 is 2.22 bits per heavy atom. The minimum absolute atomic E-state index is 0.0192. The fourth-order valence-corrected chi connectivity index (χ4v) is 4.51. The third-order valence-electron chi connectivity index (χ3n) is 6.32. The molecule has 2 aromatic carbocycles. The molecule has 1 aliphatic heterocycles. The lowest BCUT2D eigenvalue weighted by Crippen LogP contribution is -2.28. The lowest BCUT2D eigenvalue weighted by atomic mass is 9.99. The number of aromatic nitrogens is 3. The molecular weight excluding hydrogens is 498 g/mol. The maximum Gasteiger partial charge on any atom is 0.416 e. The summed E-state index contributed by atoms with van der Waals surface area (Å²) in [6.07, 6.45) is -5.73. The van der Waals surface area contributed by atoms with Crippen molar-refractivity contribution in [1.29, 1.82) is 0 Å². The van der Waals surface area contributed by atoms with Crippen molar-refractivity contribution in [3.63, 3.8) is 0 Å². The van der Waals surface area contributed by atoms with Crippen LogP contribution in [0.5, 0.6) is 0 Å². The highest BCUT2D eigenvalue weighted by molar-refractivity contribution is 6.02. The molecule has 37 heavy (non-hydrogen) atoms. The Labute approximate surface area is 208 Å². The predicted octanol–water partition coefficient (Wildman–Crippen LogP) is 7.02. The Kier molecular flexibility index (Phi) is 6.35. The molecule has 3 heterocycles. The van der Waals surface area contributed by atoms with Crippen LogP contribution in [-0.2, 0) is 17.1 Å². The van der Waals surface area contributed by atoms with Crippen LogP contribution in [0.1, 0.15) is 29.5 Å². The molecular formula is C26H22F6N4O. The van der Waals surface area contributed by atoms with E-state index in [9.17, 15) is 26.3 Å². The minimum atomic E-state index is -4.97. The van der Waals surface area contributed by atoms with Crippen molar-refractivity contribution in [3.8, 4) is 16.8 Å². The molecule has 1 aliphatic rings. The zero-order valence-corrected chi connectivity index (χ0v) is 19.6. The van der Waals surface area contributed by atoms with Gasteiger partial charge in [-0.05, 0) is 61.2 Å². The molecule has 11 heteroatoms. The van der Waals surface area contributed by atoms with Gasteiger partial charge in [0.1, 0.15) is 12.1 Å². The summed E-state index contributed by atoms with van der Waals surface area (Å²) in [6.45, 7) is 2.95. The lowest BCUT2D eigenvalue weighted by molar-refractivity contribution is -0.143. The van der Waals surface area contributed by atoms with Crippen LogP contribution in [0.3, 0.4) is 0 Å². The number of nitrogens with zero attached hydrogens (tertiary/aromatic N) is 3. The van der Waals surface area contributed by atoms with Crippen molar-refractivity contribution in [3.05, 3.63) is 71.7 Å². The molecule has 2 aromatic heterocycles. The number of nitrogens with one attached hydrogen (secondary N) is 1. The zero-order valence-electron chi connectivity index (χ0n) is 19.6. The standard InChI is InChI=1S/C26H22F6N4O/c1-15-3-2-4-20(9-15)36-13-21(16-10-17(25(27,28)29)12-18(11-16)26(30,31)32)22-23(33-14-34-24(22)36)35-19-5-7-37-8-6-19/h2-4,9-14,19H,5-8H2,1H3,(H,33,34,35). The van der Waals surface area contributed by atoms with Crippen molar-refractivity contribution in [1.82, 2.24) is 14.5 Å². The SMILES string of the molecule is Cc1cccc(-n2cc(-c3cc(C(F)(F)F)cc(C(F)(F)F)c3)c3c(NC4CCOCC4)ncnc32)c1. The van der Waals surface area contributed by atoms with Crippen molar-refractivity contribution in [2.24, 2.45) is 0 Å². The summed E-state index contributed by atoms with van der Waals surface area (Å²) in [5.74, 6) is 0.337. The van der Waals surface area contributed by atoms with E-state index >= 15 is 0 Å². The van der Waals surface area contributed by atoms with Crippen LogP contribution in [0, 0.1) is 6.92 Å². The Morgan fingerprint density at radius 2 is 1.59 bits per heavy atom. The number of benzene rings is 2. The summed E-state index contributed by atoms with van der Waals surface area (Å²) in [6, 6.07) is 8.90. The average Bonchev–Trinajstić information content (AvgIpc) is 3.24. The quantitative estimate of drug-likeness (QED) is 0.294. The molecule has 0 radical (unpaired) electrons. The highest BCUT2D eigenvalue weighted by atomic mass is 19.4. The van der Waals surface area contributed by atoms with Crippen LogP contribution in [0.25, 0.3) is 27.8 Å². The zero-order chi connectivity index (χ0) is 26.4. The number of hydrogen-bond donors (Lipinski definition) is 1. The van der Waals surface area contributed by atoms with Gasteiger partial charge in [-0.1, -0.05) is 12.1 Å². The Morgan fingerprint density at radius 1 is 0.919 bits per heavy atom. The summed E-state index contributed by atoms with van der Waals surface area (Å²) in [5, 5.41) is 3.65. The molecule has 0 saturated carbocycles. The van der Waals surface area contributed by atoms with E-state index in [1.54, 1.807) is 10.6 Å². The molecule has 5 nitrogen and oxygen atoms in total. The molecule has 0 amide bonds. The molecule has 0 atom stereocenters. The van der Waals surface area contributed by atoms with Gasteiger partial charge in [0.2, 0.25) is 0 Å². The van der Waals surface area contributed by atoms with Crippen molar-refractivity contribution in [2.45, 2.75) is 38.2 Å². The van der Waals surface area contributed by atoms with Crippen LogP contribution in [-0.4, -0.2) is 33.8 Å². The van der Waals surface area contributed by atoms with Gasteiger partial charge in [-0.15, -0.1) is 0 Å². The van der Waals surface area contributed by atoms with Crippen molar-refractivity contribution >= 4 is 16.9 Å². The number of alkyl halides is 6. The number of hydrogen-bond acceptors (Lipinski definition) is 4. The Balaban J connectivity index is 1.78. The number of aryl methyl sites for hydroxylation is 1. The first kappa shape index (κ1) is 25.1. The van der Waals surface area contributed by atoms with Crippen LogP contribution >= 0.6 is 0 Å². The van der Waals surface area contributed by atoms with Crippen LogP contribution in [0.2, 0.25) is 0 Å². The van der Waals surface area contributed by atoms with Crippen molar-refractivity contribution in [2.75, 3.05) is 18.5 Å². The molecule has 1 N–H and O–H groups in total. The first-order chi connectivity index (χ1) is 17.5. The van der Waals surface area contributed by atoms with E-state index in [0.717, 1.165) is 17.7 Å². The first-order valence-corrected chi connectivity index (χ1v) is 11.6. The second-order valence-corrected chi connectivity index (χ2v) is 9.00. The number of halogens is 6. The van der Waals surface area contributed by atoms with Gasteiger partial charge in [0.15, 0.2) is 5.65 Å². The van der Waals surface area contributed by atoms with Gasteiger partial charge in [0, 0.05) is 36.7 Å². The van der Waals surface area contributed by atoms with Gasteiger partial charge in [-0.25, -0.2) is 9.97 Å². The predicted molar refractivity (Wildman–Crippen MR) is 127 cm³/mol. The molecule has 0 unspecified atom stereocenters. The first-order valence-electron chi connectivity index (χ1n) is 11.6. The van der Waals surface area contributed by atoms with Crippen molar-refractivity contribution < 1.29 is 31.1 Å². The lowest BCUT2D eigenvalue weighted by Gasteiger charge is -2.24. The van der Waals surface area contributed by atoms with Crippen LogP contribution in [0.4, 0.5) is 32.2 Å². The number of fused-ring (bicyclic) bond motifs is 1. The second kappa shape index (κ2) is 9.37. The topological polar surface area (TPSA) is 52.0 Å². The van der Waals surface area contributed by atoms with E-state index in [0.29, 0.717) is 48.6 Å². The summed E-state index contributed by atoms with van der Waals surface area (Å²) < 4.78 is 88.9. The normalized spacial score (nSPS) is 15.3. The molecule has 0 spiro atoms. The number of anilines is 1. The highest BCUT2D eigenvalue weighted by Gasteiger charge is 2.37. The molecule has 4 aromatic rings. The fraction of sp³-hybridized carbons (Fsp3) is 0.308. The molecule has 0 bridgehead atoms. The van der Waals surface area contributed by atoms with Crippen LogP contribution in [0.15, 0.2) is 55.0 Å². The summed E-state index contributed by atoms with van der Waals surface area (Å²) in [5.41, 5.74) is -0.902. The van der Waals surface area contributed by atoms with E-state index in [-0.39, 0.29) is 23.2 Å². The second-order valence-electron chi connectivity index (χ2n) is 9.00. The van der Waals surface area contributed by atoms with E-state index in [1.807, 2.05) is 25.1 Å².